The molecule has 0 heterocycles. The molecule has 0 aliphatic heterocycles. The van der Waals surface area contributed by atoms with Crippen molar-refractivity contribution in [2.45, 2.75) is 26.2 Å². The third kappa shape index (κ3) is 7.19. The molecule has 0 aliphatic rings. The Morgan fingerprint density at radius 1 is 1.44 bits per heavy atom. The number of rotatable bonds is 4. The summed E-state index contributed by atoms with van der Waals surface area (Å²) in [5.41, 5.74) is 0. The molecule has 0 aromatic carbocycles. The van der Waals surface area contributed by atoms with E-state index in [9.17, 15) is 4.79 Å². The number of hydrogen-bond donors (Lipinski definition) is 0. The molecule has 0 bridgehead atoms. The summed E-state index contributed by atoms with van der Waals surface area (Å²) in [6, 6.07) is 0. The number of allylic oxidation sites excluding steroid dienone is 3. The molecule has 0 aromatic heterocycles. The molecule has 0 fully saturated rings. The molecule has 0 N–H and O–H groups in total. The molecule has 0 saturated carbocycles. The summed E-state index contributed by atoms with van der Waals surface area (Å²) in [6.07, 6.45) is 8.53. The SMILES string of the molecule is CCC/C=C/CC=C=O. The highest BCUT2D eigenvalue weighted by Gasteiger charge is 1.71. The van der Waals surface area contributed by atoms with E-state index in [0.29, 0.717) is 0 Å². The van der Waals surface area contributed by atoms with Crippen LogP contribution in [-0.2, 0) is 4.79 Å². The summed E-state index contributed by atoms with van der Waals surface area (Å²) in [5, 5.41) is 0. The van der Waals surface area contributed by atoms with Crippen molar-refractivity contribution in [2.24, 2.45) is 0 Å². The van der Waals surface area contributed by atoms with Crippen LogP contribution >= 0.6 is 0 Å². The van der Waals surface area contributed by atoms with Gasteiger partial charge in [0.2, 0.25) is 0 Å². The second kappa shape index (κ2) is 7.19. The molecule has 0 atom stereocenters. The van der Waals surface area contributed by atoms with Gasteiger partial charge < -0.3 is 0 Å². The largest absolute Gasteiger partial charge is 0.234 e. The first kappa shape index (κ1) is 8.19. The molecule has 0 aromatic rings. The summed E-state index contributed by atoms with van der Waals surface area (Å²) in [7, 11) is 0. The van der Waals surface area contributed by atoms with Crippen LogP contribution in [0.2, 0.25) is 0 Å². The fourth-order valence-corrected chi connectivity index (χ4v) is 0.497. The Labute approximate surface area is 56.1 Å². The van der Waals surface area contributed by atoms with Crippen molar-refractivity contribution in [3.05, 3.63) is 18.2 Å². The van der Waals surface area contributed by atoms with Gasteiger partial charge in [-0.3, -0.25) is 0 Å². The number of unbranched alkanes of at least 4 members (excludes halogenated alkanes) is 1. The predicted molar refractivity (Wildman–Crippen MR) is 38.9 cm³/mol. The zero-order chi connectivity index (χ0) is 6.95. The highest BCUT2D eigenvalue weighted by molar-refractivity contribution is 5.45. The zero-order valence-corrected chi connectivity index (χ0v) is 5.76. The van der Waals surface area contributed by atoms with E-state index in [1.165, 1.54) is 12.5 Å². The van der Waals surface area contributed by atoms with Gasteiger partial charge in [-0.25, -0.2) is 4.79 Å². The highest BCUT2D eigenvalue weighted by atomic mass is 16.1. The lowest BCUT2D eigenvalue weighted by Gasteiger charge is -1.80. The molecule has 50 valence electrons. The van der Waals surface area contributed by atoms with Crippen LogP contribution in [0.4, 0.5) is 0 Å². The molecule has 0 spiro atoms. The predicted octanol–water partition coefficient (Wildman–Crippen LogP) is 2.12. The van der Waals surface area contributed by atoms with Crippen LogP contribution in [0.15, 0.2) is 18.2 Å². The van der Waals surface area contributed by atoms with Crippen molar-refractivity contribution in [1.29, 1.82) is 0 Å². The summed E-state index contributed by atoms with van der Waals surface area (Å²) in [4.78, 5) is 9.62. The second-order valence-corrected chi connectivity index (χ2v) is 1.82. The average Bonchev–Trinajstić information content (AvgIpc) is 1.89. The fraction of sp³-hybridized carbons (Fsp3) is 0.500. The van der Waals surface area contributed by atoms with E-state index in [4.69, 9.17) is 0 Å². The molecule has 0 amide bonds. The van der Waals surface area contributed by atoms with E-state index < -0.39 is 0 Å². The Kier molecular flexibility index (Phi) is 6.54. The van der Waals surface area contributed by atoms with Crippen LogP contribution in [0, 0.1) is 0 Å². The van der Waals surface area contributed by atoms with E-state index in [1.807, 2.05) is 6.08 Å². The molecule has 9 heavy (non-hydrogen) atoms. The van der Waals surface area contributed by atoms with Crippen molar-refractivity contribution in [3.63, 3.8) is 0 Å². The lowest BCUT2D eigenvalue weighted by atomic mass is 10.3. The summed E-state index contributed by atoms with van der Waals surface area (Å²) < 4.78 is 0. The summed E-state index contributed by atoms with van der Waals surface area (Å²) in [5.74, 6) is 1.72. The monoisotopic (exact) mass is 124 g/mol. The standard InChI is InChI=1S/C8H12O/c1-2-3-4-5-6-7-8-9/h4-5,7H,2-3,6H2,1H3/b5-4+. The van der Waals surface area contributed by atoms with Gasteiger partial charge in [-0.1, -0.05) is 25.5 Å². The van der Waals surface area contributed by atoms with E-state index in [1.54, 1.807) is 5.94 Å². The van der Waals surface area contributed by atoms with Gasteiger partial charge in [0.05, 0.1) is 0 Å². The topological polar surface area (TPSA) is 17.1 Å². The first-order valence-electron chi connectivity index (χ1n) is 3.26. The summed E-state index contributed by atoms with van der Waals surface area (Å²) >= 11 is 0. The normalized spacial score (nSPS) is 9.44. The van der Waals surface area contributed by atoms with Crippen LogP contribution in [-0.4, -0.2) is 5.94 Å². The molecule has 0 rings (SSSR count). The first-order valence-corrected chi connectivity index (χ1v) is 3.26. The third-order valence-electron chi connectivity index (χ3n) is 0.959. The number of carbonyl (C=O) groups excluding carboxylic acids is 1. The highest BCUT2D eigenvalue weighted by Crippen LogP contribution is 1.90. The minimum Gasteiger partial charge on any atom is -0.234 e. The maximum Gasteiger partial charge on any atom is 0.120 e. The quantitative estimate of drug-likeness (QED) is 0.414. The Balaban J connectivity index is 3.14. The van der Waals surface area contributed by atoms with Gasteiger partial charge in [-0.15, -0.1) is 0 Å². The van der Waals surface area contributed by atoms with Gasteiger partial charge in [0, 0.05) is 6.08 Å². The minimum atomic E-state index is 0.726. The van der Waals surface area contributed by atoms with Crippen LogP contribution in [0.3, 0.4) is 0 Å². The average molecular weight is 124 g/mol. The van der Waals surface area contributed by atoms with E-state index in [0.717, 1.165) is 12.8 Å². The number of hydrogen-bond acceptors (Lipinski definition) is 1. The smallest absolute Gasteiger partial charge is 0.120 e. The van der Waals surface area contributed by atoms with Crippen LogP contribution in [0.5, 0.6) is 0 Å². The lowest BCUT2D eigenvalue weighted by Crippen LogP contribution is -1.61. The maximum atomic E-state index is 9.62. The van der Waals surface area contributed by atoms with Gasteiger partial charge in [-0.05, 0) is 12.8 Å². The molecule has 0 radical (unpaired) electrons. The van der Waals surface area contributed by atoms with E-state index in [2.05, 4.69) is 13.0 Å². The van der Waals surface area contributed by atoms with E-state index >= 15 is 0 Å². The van der Waals surface area contributed by atoms with Gasteiger partial charge in [0.1, 0.15) is 5.94 Å². The first-order chi connectivity index (χ1) is 4.41. The summed E-state index contributed by atoms with van der Waals surface area (Å²) in [6.45, 7) is 2.12. The lowest BCUT2D eigenvalue weighted by molar-refractivity contribution is 0.568. The Morgan fingerprint density at radius 2 is 2.22 bits per heavy atom. The van der Waals surface area contributed by atoms with Crippen molar-refractivity contribution in [3.8, 4) is 0 Å². The molecule has 0 saturated heterocycles. The second-order valence-electron chi connectivity index (χ2n) is 1.82. The van der Waals surface area contributed by atoms with Gasteiger partial charge in [-0.2, -0.15) is 0 Å². The van der Waals surface area contributed by atoms with Gasteiger partial charge in [0.25, 0.3) is 0 Å². The van der Waals surface area contributed by atoms with E-state index in [-0.39, 0.29) is 0 Å². The third-order valence-corrected chi connectivity index (χ3v) is 0.959. The van der Waals surface area contributed by atoms with Crippen molar-refractivity contribution in [1.82, 2.24) is 0 Å². The Morgan fingerprint density at radius 3 is 2.78 bits per heavy atom. The Hall–Kier alpha value is -0.810. The maximum absolute atomic E-state index is 9.62. The molecule has 1 nitrogen and oxygen atoms in total. The van der Waals surface area contributed by atoms with Crippen molar-refractivity contribution in [2.75, 3.05) is 0 Å². The van der Waals surface area contributed by atoms with Crippen molar-refractivity contribution < 1.29 is 4.79 Å². The molecule has 1 heteroatoms. The van der Waals surface area contributed by atoms with Gasteiger partial charge in [0.15, 0.2) is 0 Å². The molecular formula is C8H12O. The molecular weight excluding hydrogens is 112 g/mol. The van der Waals surface area contributed by atoms with Crippen molar-refractivity contribution >= 4 is 5.94 Å². The van der Waals surface area contributed by atoms with Crippen LogP contribution in [0.25, 0.3) is 0 Å². The minimum absolute atomic E-state index is 0.726. The van der Waals surface area contributed by atoms with Crippen LogP contribution in [0.1, 0.15) is 26.2 Å². The molecule has 0 aliphatic carbocycles. The Bertz CT molecular complexity index is 119. The van der Waals surface area contributed by atoms with Crippen LogP contribution < -0.4 is 0 Å². The molecule has 0 unspecified atom stereocenters. The fourth-order valence-electron chi connectivity index (χ4n) is 0.497. The van der Waals surface area contributed by atoms with Gasteiger partial charge >= 0.3 is 0 Å². The zero-order valence-electron chi connectivity index (χ0n) is 5.76.